The minimum Gasteiger partial charge on any atom is -0.456 e. The van der Waals surface area contributed by atoms with Crippen LogP contribution in [0.2, 0.25) is 0 Å². The molecule has 0 saturated carbocycles. The average molecular weight is 573 g/mol. The van der Waals surface area contributed by atoms with Gasteiger partial charge in [0.1, 0.15) is 22.8 Å². The molecule has 1 unspecified atom stereocenters. The summed E-state index contributed by atoms with van der Waals surface area (Å²) in [5, 5.41) is 4.22. The molecule has 5 nitrogen and oxygen atoms in total. The molecule has 1 atom stereocenters. The number of halogens is 1. The van der Waals surface area contributed by atoms with E-state index in [9.17, 15) is 0 Å². The quantitative estimate of drug-likeness (QED) is 0.211. The third kappa shape index (κ3) is 3.64. The number of aryl methyl sites for hydroxylation is 1. The topological polar surface area (TPSA) is 48.8 Å². The molecule has 0 saturated heterocycles. The van der Waals surface area contributed by atoms with Crippen LogP contribution < -0.4 is 0 Å². The molecule has 5 aromatic carbocycles. The number of rotatable bonds is 4. The summed E-state index contributed by atoms with van der Waals surface area (Å²) in [6.45, 7) is 0. The molecule has 9 aromatic rings. The van der Waals surface area contributed by atoms with Crippen molar-refractivity contribution < 1.29 is 8.81 Å². The first-order chi connectivity index (χ1) is 21.6. The van der Waals surface area contributed by atoms with Crippen molar-refractivity contribution in [1.82, 2.24) is 19.1 Å². The number of furan rings is 1. The fourth-order valence-corrected chi connectivity index (χ4v) is 6.57. The monoisotopic (exact) mass is 572 g/mol. The number of benzene rings is 5. The van der Waals surface area contributed by atoms with E-state index in [0.29, 0.717) is 11.1 Å². The zero-order chi connectivity index (χ0) is 29.4. The third-order valence-electron chi connectivity index (χ3n) is 8.68. The van der Waals surface area contributed by atoms with E-state index in [-0.39, 0.29) is 0 Å². The molecule has 6 heteroatoms. The van der Waals surface area contributed by atoms with Gasteiger partial charge in [-0.3, -0.25) is 4.57 Å². The fourth-order valence-electron chi connectivity index (χ4n) is 6.57. The summed E-state index contributed by atoms with van der Waals surface area (Å²) in [5.74, 6) is 1.57. The van der Waals surface area contributed by atoms with E-state index in [0.717, 1.165) is 72.0 Å². The molecule has 0 spiro atoms. The Hall–Kier alpha value is -5.75. The number of nitrogens with zero attached hydrogens (tertiary/aromatic N) is 4. The molecule has 0 amide bonds. The van der Waals surface area contributed by atoms with Crippen LogP contribution in [0.4, 0.5) is 4.39 Å². The van der Waals surface area contributed by atoms with E-state index in [1.165, 1.54) is 0 Å². The summed E-state index contributed by atoms with van der Waals surface area (Å²) < 4.78 is 26.9. The van der Waals surface area contributed by atoms with E-state index >= 15 is 4.39 Å². The van der Waals surface area contributed by atoms with E-state index in [4.69, 9.17) is 9.40 Å². The van der Waals surface area contributed by atoms with Crippen molar-refractivity contribution in [3.8, 4) is 17.2 Å². The summed E-state index contributed by atoms with van der Waals surface area (Å²) in [6, 6.07) is 39.7. The van der Waals surface area contributed by atoms with Gasteiger partial charge in [0.25, 0.3) is 0 Å². The van der Waals surface area contributed by atoms with Gasteiger partial charge in [-0.05, 0) is 59.7 Å². The first kappa shape index (κ1) is 24.8. The number of para-hydroxylation sites is 3. The lowest BCUT2D eigenvalue weighted by atomic mass is 9.99. The highest BCUT2D eigenvalue weighted by Crippen LogP contribution is 2.40. The predicted octanol–water partition coefficient (Wildman–Crippen LogP) is 9.69. The maximum Gasteiger partial charge on any atom is 0.150 e. The zero-order valence-corrected chi connectivity index (χ0v) is 23.8. The molecule has 4 heterocycles. The SMILES string of the molecule is Cn1c(-c2cccc(C(F)c3ccc4c5cc6c(cc5n(-c5ccccn5)c4c3)oc3ccccc36)c2)nc2ccccc21. The van der Waals surface area contributed by atoms with Crippen LogP contribution in [-0.2, 0) is 7.05 Å². The van der Waals surface area contributed by atoms with Crippen molar-refractivity contribution >= 4 is 54.8 Å². The van der Waals surface area contributed by atoms with E-state index in [1.807, 2.05) is 110 Å². The molecule has 0 radical (unpaired) electrons. The van der Waals surface area contributed by atoms with Crippen molar-refractivity contribution in [1.29, 1.82) is 0 Å². The normalized spacial score (nSPS) is 12.7. The molecule has 0 aliphatic carbocycles. The van der Waals surface area contributed by atoms with Crippen molar-refractivity contribution in [2.75, 3.05) is 0 Å². The molecular formula is C38H25FN4O. The van der Waals surface area contributed by atoms with Crippen LogP contribution in [0, 0.1) is 0 Å². The highest BCUT2D eigenvalue weighted by atomic mass is 19.1. The second kappa shape index (κ2) is 9.38. The second-order valence-corrected chi connectivity index (χ2v) is 11.2. The van der Waals surface area contributed by atoms with E-state index in [2.05, 4.69) is 32.3 Å². The summed E-state index contributed by atoms with van der Waals surface area (Å²) in [6.07, 6.45) is 0.450. The molecular weight excluding hydrogens is 547 g/mol. The van der Waals surface area contributed by atoms with Crippen LogP contribution in [0.3, 0.4) is 0 Å². The van der Waals surface area contributed by atoms with Gasteiger partial charge in [0.15, 0.2) is 6.17 Å². The van der Waals surface area contributed by atoms with Crippen molar-refractivity contribution in [2.24, 2.45) is 7.05 Å². The highest BCUT2D eigenvalue weighted by molar-refractivity contribution is 6.17. The Morgan fingerprint density at radius 1 is 0.636 bits per heavy atom. The smallest absolute Gasteiger partial charge is 0.150 e. The first-order valence-corrected chi connectivity index (χ1v) is 14.6. The Bertz CT molecular complexity index is 2540. The number of alkyl halides is 1. The van der Waals surface area contributed by atoms with Gasteiger partial charge in [-0.25, -0.2) is 14.4 Å². The van der Waals surface area contributed by atoms with E-state index < -0.39 is 6.17 Å². The van der Waals surface area contributed by atoms with Gasteiger partial charge in [0.2, 0.25) is 0 Å². The predicted molar refractivity (Wildman–Crippen MR) is 175 cm³/mol. The molecule has 44 heavy (non-hydrogen) atoms. The molecule has 210 valence electrons. The van der Waals surface area contributed by atoms with Crippen LogP contribution in [0.25, 0.3) is 72.0 Å². The molecule has 0 N–H and O–H groups in total. The number of fused-ring (bicyclic) bond motifs is 7. The third-order valence-corrected chi connectivity index (χ3v) is 8.68. The van der Waals surface area contributed by atoms with Gasteiger partial charge < -0.3 is 8.98 Å². The van der Waals surface area contributed by atoms with Crippen LogP contribution in [-0.4, -0.2) is 19.1 Å². The fraction of sp³-hybridized carbons (Fsp3) is 0.0526. The van der Waals surface area contributed by atoms with Crippen molar-refractivity contribution in [2.45, 2.75) is 6.17 Å². The minimum absolute atomic E-state index is 0.578. The number of hydrogen-bond acceptors (Lipinski definition) is 3. The van der Waals surface area contributed by atoms with Crippen LogP contribution in [0.5, 0.6) is 0 Å². The molecule has 0 aliphatic rings. The van der Waals surface area contributed by atoms with Gasteiger partial charge in [0, 0.05) is 46.4 Å². The Balaban J connectivity index is 1.22. The molecule has 0 fully saturated rings. The van der Waals surface area contributed by atoms with Crippen molar-refractivity contribution in [3.63, 3.8) is 0 Å². The summed E-state index contributed by atoms with van der Waals surface area (Å²) in [5.41, 5.74) is 7.50. The van der Waals surface area contributed by atoms with Gasteiger partial charge >= 0.3 is 0 Å². The van der Waals surface area contributed by atoms with E-state index in [1.54, 1.807) is 6.20 Å². The Kier molecular flexibility index (Phi) is 5.29. The molecule has 9 rings (SSSR count). The molecule has 0 bridgehead atoms. The zero-order valence-electron chi connectivity index (χ0n) is 23.8. The Labute approximate surface area is 251 Å². The number of aromatic nitrogens is 4. The first-order valence-electron chi connectivity index (χ1n) is 14.6. The summed E-state index contributed by atoms with van der Waals surface area (Å²) >= 11 is 0. The maximum atomic E-state index is 16.5. The van der Waals surface area contributed by atoms with Crippen LogP contribution >= 0.6 is 0 Å². The number of imidazole rings is 1. The van der Waals surface area contributed by atoms with Gasteiger partial charge in [0.05, 0.1) is 22.1 Å². The number of hydrogen-bond donors (Lipinski definition) is 0. The second-order valence-electron chi connectivity index (χ2n) is 11.2. The van der Waals surface area contributed by atoms with Gasteiger partial charge in [-0.1, -0.05) is 66.7 Å². The minimum atomic E-state index is -1.33. The maximum absolute atomic E-state index is 16.5. The number of pyridine rings is 1. The van der Waals surface area contributed by atoms with Crippen molar-refractivity contribution in [3.05, 3.63) is 139 Å². The standard InChI is InChI=1S/C38H25FN4O/c1-42-31-13-4-3-12-30(31)41-38(42)25-10-8-9-23(19-25)37(39)24-16-17-26-28-21-29-27-11-2-5-14-34(27)44-35(29)22-33(28)43(32(26)20-24)36-15-6-7-18-40-36/h2-22,37H,1H3. The van der Waals surface area contributed by atoms with Gasteiger partial charge in [-0.15, -0.1) is 0 Å². The lowest BCUT2D eigenvalue weighted by Crippen LogP contribution is -1.99. The molecule has 0 aliphatic heterocycles. The van der Waals surface area contributed by atoms with Crippen LogP contribution in [0.1, 0.15) is 17.3 Å². The van der Waals surface area contributed by atoms with Gasteiger partial charge in [-0.2, -0.15) is 0 Å². The average Bonchev–Trinajstić information content (AvgIpc) is 3.72. The molecule has 4 aromatic heterocycles. The van der Waals surface area contributed by atoms with Crippen LogP contribution in [0.15, 0.2) is 132 Å². The summed E-state index contributed by atoms with van der Waals surface area (Å²) in [7, 11) is 1.99. The largest absolute Gasteiger partial charge is 0.456 e. The Morgan fingerprint density at radius 3 is 2.34 bits per heavy atom. The summed E-state index contributed by atoms with van der Waals surface area (Å²) in [4.78, 5) is 9.50. The highest BCUT2D eigenvalue weighted by Gasteiger charge is 2.21. The Morgan fingerprint density at radius 2 is 1.45 bits per heavy atom. The lowest BCUT2D eigenvalue weighted by Gasteiger charge is -2.12. The lowest BCUT2D eigenvalue weighted by molar-refractivity contribution is 0.402.